The maximum absolute atomic E-state index is 8.70. The lowest BCUT2D eigenvalue weighted by molar-refractivity contribution is 0.000700. The Morgan fingerprint density at radius 2 is 2.25 bits per heavy atom. The van der Waals surface area contributed by atoms with E-state index >= 15 is 0 Å². The zero-order valence-electron chi connectivity index (χ0n) is 7.67. The fraction of sp³-hybridized carbons (Fsp3) is 0.700. The Morgan fingerprint density at radius 3 is 2.67 bits per heavy atom. The van der Waals surface area contributed by atoms with Crippen LogP contribution in [-0.2, 0) is 0 Å². The van der Waals surface area contributed by atoms with E-state index < -0.39 is 0 Å². The number of oxime groups is 1. The van der Waals surface area contributed by atoms with Crippen molar-refractivity contribution in [3.8, 4) is 0 Å². The molecular formula is C10H15NO. The predicted octanol–water partition coefficient (Wildman–Crippen LogP) is 2.44. The van der Waals surface area contributed by atoms with Crippen LogP contribution in [0, 0.1) is 17.3 Å². The largest absolute Gasteiger partial charge is 0.411 e. The molecule has 0 spiro atoms. The number of hydrogen-bond donors (Lipinski definition) is 1. The van der Waals surface area contributed by atoms with Gasteiger partial charge < -0.3 is 5.21 Å². The standard InChI is InChI=1S/C10H15NO/c1-6-8-4-7(10(8,2)3)5-9(6)11-12/h7-8,12H,1,4-5H2,2-3H3/b11-9+/t7-,8+/m1/s1. The molecule has 0 heterocycles. The molecule has 0 aromatic carbocycles. The highest BCUT2D eigenvalue weighted by molar-refractivity contribution is 6.01. The Morgan fingerprint density at radius 1 is 1.58 bits per heavy atom. The molecule has 2 nitrogen and oxygen atoms in total. The van der Waals surface area contributed by atoms with Crippen LogP contribution in [-0.4, -0.2) is 10.9 Å². The molecule has 2 atom stereocenters. The van der Waals surface area contributed by atoms with E-state index in [0.29, 0.717) is 17.3 Å². The van der Waals surface area contributed by atoms with E-state index in [4.69, 9.17) is 5.21 Å². The Kier molecular flexibility index (Phi) is 1.39. The van der Waals surface area contributed by atoms with Crippen LogP contribution in [0.1, 0.15) is 26.7 Å². The van der Waals surface area contributed by atoms with E-state index in [1.54, 1.807) is 0 Å². The Labute approximate surface area is 73.0 Å². The first-order valence-electron chi connectivity index (χ1n) is 4.47. The van der Waals surface area contributed by atoms with Gasteiger partial charge in [-0.1, -0.05) is 25.6 Å². The maximum atomic E-state index is 8.70. The van der Waals surface area contributed by atoms with E-state index in [-0.39, 0.29) is 0 Å². The van der Waals surface area contributed by atoms with Crippen molar-refractivity contribution < 1.29 is 5.21 Å². The highest BCUT2D eigenvalue weighted by Gasteiger charge is 2.53. The van der Waals surface area contributed by atoms with Gasteiger partial charge in [0.1, 0.15) is 0 Å². The second-order valence-electron chi connectivity index (χ2n) is 4.58. The molecule has 2 heteroatoms. The van der Waals surface area contributed by atoms with Crippen LogP contribution in [0.4, 0.5) is 0 Å². The average molecular weight is 165 g/mol. The highest BCUT2D eigenvalue weighted by Crippen LogP contribution is 2.59. The second-order valence-corrected chi connectivity index (χ2v) is 4.58. The zero-order chi connectivity index (χ0) is 8.93. The van der Waals surface area contributed by atoms with E-state index in [9.17, 15) is 0 Å². The van der Waals surface area contributed by atoms with Crippen molar-refractivity contribution >= 4 is 5.71 Å². The average Bonchev–Trinajstić information content (AvgIpc) is 2.03. The van der Waals surface area contributed by atoms with Crippen LogP contribution in [0.15, 0.2) is 17.3 Å². The Bertz CT molecular complexity index is 265. The van der Waals surface area contributed by atoms with Crippen molar-refractivity contribution in [2.24, 2.45) is 22.4 Å². The van der Waals surface area contributed by atoms with Crippen LogP contribution < -0.4 is 0 Å². The summed E-state index contributed by atoms with van der Waals surface area (Å²) >= 11 is 0. The first-order chi connectivity index (χ1) is 5.57. The van der Waals surface area contributed by atoms with Crippen LogP contribution in [0.2, 0.25) is 0 Å². The minimum absolute atomic E-state index is 0.394. The highest BCUT2D eigenvalue weighted by atomic mass is 16.4. The van der Waals surface area contributed by atoms with E-state index in [0.717, 1.165) is 17.7 Å². The van der Waals surface area contributed by atoms with E-state index in [1.165, 1.54) is 6.42 Å². The molecule has 3 aliphatic rings. The molecule has 0 aromatic rings. The maximum Gasteiger partial charge on any atom is 0.0827 e. The van der Waals surface area contributed by atoms with E-state index in [1.807, 2.05) is 0 Å². The Balaban J connectivity index is 2.28. The van der Waals surface area contributed by atoms with Gasteiger partial charge in [0.15, 0.2) is 0 Å². The number of fused-ring (bicyclic) bond motifs is 2. The molecule has 12 heavy (non-hydrogen) atoms. The van der Waals surface area contributed by atoms with Gasteiger partial charge in [0, 0.05) is 0 Å². The van der Waals surface area contributed by atoms with Gasteiger partial charge in [0.25, 0.3) is 0 Å². The molecule has 0 unspecified atom stereocenters. The summed E-state index contributed by atoms with van der Waals surface area (Å²) in [6.45, 7) is 8.56. The van der Waals surface area contributed by atoms with Crippen molar-refractivity contribution in [2.45, 2.75) is 26.7 Å². The van der Waals surface area contributed by atoms with Crippen molar-refractivity contribution in [2.75, 3.05) is 0 Å². The molecule has 0 amide bonds. The SMILES string of the molecule is C=C1/C(=N/O)C[C@H]2C[C@@H]1C2(C)C. The minimum Gasteiger partial charge on any atom is -0.411 e. The molecule has 0 saturated heterocycles. The van der Waals surface area contributed by atoms with Gasteiger partial charge in [-0.25, -0.2) is 0 Å². The van der Waals surface area contributed by atoms with Crippen molar-refractivity contribution in [1.82, 2.24) is 0 Å². The van der Waals surface area contributed by atoms with Crippen molar-refractivity contribution in [3.63, 3.8) is 0 Å². The minimum atomic E-state index is 0.394. The molecule has 3 fully saturated rings. The van der Waals surface area contributed by atoms with Crippen LogP contribution in [0.5, 0.6) is 0 Å². The summed E-state index contributed by atoms with van der Waals surface area (Å²) in [4.78, 5) is 0. The lowest BCUT2D eigenvalue weighted by Gasteiger charge is -2.57. The third-order valence-corrected chi connectivity index (χ3v) is 3.82. The molecule has 0 aromatic heterocycles. The number of rotatable bonds is 0. The molecule has 1 N–H and O–H groups in total. The van der Waals surface area contributed by atoms with Crippen LogP contribution >= 0.6 is 0 Å². The summed E-state index contributed by atoms with van der Waals surface area (Å²) in [6, 6.07) is 0. The molecule has 2 bridgehead atoms. The summed E-state index contributed by atoms with van der Waals surface area (Å²) in [7, 11) is 0. The van der Waals surface area contributed by atoms with E-state index in [2.05, 4.69) is 25.6 Å². The lowest BCUT2D eigenvalue weighted by Crippen LogP contribution is -2.52. The first kappa shape index (κ1) is 7.84. The van der Waals surface area contributed by atoms with Gasteiger partial charge in [-0.15, -0.1) is 0 Å². The first-order valence-corrected chi connectivity index (χ1v) is 4.47. The molecular weight excluding hydrogens is 150 g/mol. The van der Waals surface area contributed by atoms with Gasteiger partial charge in [0.05, 0.1) is 5.71 Å². The van der Waals surface area contributed by atoms with Crippen molar-refractivity contribution in [3.05, 3.63) is 12.2 Å². The summed E-state index contributed by atoms with van der Waals surface area (Å²) in [5.41, 5.74) is 2.28. The fourth-order valence-electron chi connectivity index (χ4n) is 2.62. The predicted molar refractivity (Wildman–Crippen MR) is 48.4 cm³/mol. The number of nitrogens with zero attached hydrogens (tertiary/aromatic N) is 1. The number of hydrogen-bond acceptors (Lipinski definition) is 2. The summed E-state index contributed by atoms with van der Waals surface area (Å²) in [6.07, 6.45) is 2.16. The smallest absolute Gasteiger partial charge is 0.0827 e. The van der Waals surface area contributed by atoms with Gasteiger partial charge in [-0.05, 0) is 35.7 Å². The van der Waals surface area contributed by atoms with Crippen LogP contribution in [0.25, 0.3) is 0 Å². The summed E-state index contributed by atoms with van der Waals surface area (Å²) in [5, 5.41) is 12.0. The topological polar surface area (TPSA) is 32.6 Å². The van der Waals surface area contributed by atoms with Gasteiger partial charge in [-0.2, -0.15) is 0 Å². The number of allylic oxidation sites excluding steroid dienone is 1. The molecule has 3 rings (SSSR count). The zero-order valence-corrected chi connectivity index (χ0v) is 7.67. The second kappa shape index (κ2) is 2.12. The molecule has 0 radical (unpaired) electrons. The normalized spacial score (nSPS) is 41.2. The molecule has 0 aliphatic heterocycles. The summed E-state index contributed by atoms with van der Waals surface area (Å²) < 4.78 is 0. The van der Waals surface area contributed by atoms with Crippen LogP contribution in [0.3, 0.4) is 0 Å². The lowest BCUT2D eigenvalue weighted by atomic mass is 9.47. The summed E-state index contributed by atoms with van der Waals surface area (Å²) in [5.74, 6) is 1.26. The van der Waals surface area contributed by atoms with Gasteiger partial charge in [0.2, 0.25) is 0 Å². The third-order valence-electron chi connectivity index (χ3n) is 3.82. The molecule has 3 aliphatic carbocycles. The fourth-order valence-corrected chi connectivity index (χ4v) is 2.62. The third kappa shape index (κ3) is 0.728. The quantitative estimate of drug-likeness (QED) is 0.434. The monoisotopic (exact) mass is 165 g/mol. The van der Waals surface area contributed by atoms with Crippen molar-refractivity contribution in [1.29, 1.82) is 0 Å². The molecule has 3 saturated carbocycles. The van der Waals surface area contributed by atoms with Gasteiger partial charge >= 0.3 is 0 Å². The van der Waals surface area contributed by atoms with Gasteiger partial charge in [-0.3, -0.25) is 0 Å². The Hall–Kier alpha value is -0.790. The molecule has 66 valence electrons.